The molecule has 1 aliphatic rings. The number of hydrogen-bond donors (Lipinski definition) is 2. The Labute approximate surface area is 155 Å². The summed E-state index contributed by atoms with van der Waals surface area (Å²) >= 11 is 0. The van der Waals surface area contributed by atoms with Gasteiger partial charge < -0.3 is 25.4 Å². The molecule has 0 spiro atoms. The number of aliphatic imine (C=N–C) groups is 1. The van der Waals surface area contributed by atoms with Crippen molar-refractivity contribution in [2.75, 3.05) is 32.1 Å². The fourth-order valence-corrected chi connectivity index (χ4v) is 2.82. The Bertz CT molecular complexity index is 640. The number of piperidine rings is 1. The molecule has 1 fully saturated rings. The maximum absolute atomic E-state index is 12.2. The van der Waals surface area contributed by atoms with Crippen LogP contribution in [0.3, 0.4) is 0 Å². The Hall–Kier alpha value is -2.44. The summed E-state index contributed by atoms with van der Waals surface area (Å²) in [6, 6.07) is 7.50. The van der Waals surface area contributed by atoms with Crippen molar-refractivity contribution < 1.29 is 14.3 Å². The van der Waals surface area contributed by atoms with Gasteiger partial charge in [-0.05, 0) is 51.7 Å². The van der Waals surface area contributed by atoms with Crippen LogP contribution in [0.2, 0.25) is 0 Å². The van der Waals surface area contributed by atoms with Crippen LogP contribution < -0.4 is 15.8 Å². The van der Waals surface area contributed by atoms with Crippen molar-refractivity contribution in [2.45, 2.75) is 39.2 Å². The van der Waals surface area contributed by atoms with E-state index >= 15 is 0 Å². The van der Waals surface area contributed by atoms with Gasteiger partial charge in [0.25, 0.3) is 0 Å². The highest BCUT2D eigenvalue weighted by atomic mass is 16.6. The maximum atomic E-state index is 12.2. The van der Waals surface area contributed by atoms with Crippen molar-refractivity contribution in [1.82, 2.24) is 4.90 Å². The predicted octanol–water partition coefficient (Wildman–Crippen LogP) is 3.07. The molecule has 26 heavy (non-hydrogen) atoms. The zero-order valence-corrected chi connectivity index (χ0v) is 16.1. The van der Waals surface area contributed by atoms with Crippen LogP contribution in [0.1, 0.15) is 33.6 Å². The zero-order chi connectivity index (χ0) is 19.2. The van der Waals surface area contributed by atoms with Crippen LogP contribution in [-0.4, -0.2) is 49.3 Å². The van der Waals surface area contributed by atoms with E-state index in [1.165, 1.54) is 0 Å². The molecular weight excluding hydrogens is 332 g/mol. The summed E-state index contributed by atoms with van der Waals surface area (Å²) in [6.07, 6.45) is 1.71. The Balaban J connectivity index is 1.87. The van der Waals surface area contributed by atoms with Gasteiger partial charge in [0, 0.05) is 31.4 Å². The van der Waals surface area contributed by atoms with Crippen molar-refractivity contribution in [3.8, 4) is 5.75 Å². The number of benzene rings is 1. The molecule has 1 aromatic carbocycles. The van der Waals surface area contributed by atoms with Gasteiger partial charge in [0.1, 0.15) is 11.4 Å². The molecule has 0 aliphatic carbocycles. The number of methoxy groups -OCH3 is 1. The van der Waals surface area contributed by atoms with Gasteiger partial charge in [-0.2, -0.15) is 0 Å². The van der Waals surface area contributed by atoms with E-state index in [-0.39, 0.29) is 12.0 Å². The summed E-state index contributed by atoms with van der Waals surface area (Å²) in [6.45, 7) is 7.57. The Morgan fingerprint density at radius 3 is 2.88 bits per heavy atom. The van der Waals surface area contributed by atoms with Crippen LogP contribution in [0.5, 0.6) is 5.75 Å². The number of likely N-dealkylation sites (tertiary alicyclic amines) is 1. The van der Waals surface area contributed by atoms with Gasteiger partial charge in [0.15, 0.2) is 5.96 Å². The van der Waals surface area contributed by atoms with E-state index in [9.17, 15) is 4.79 Å². The molecule has 0 bridgehead atoms. The lowest BCUT2D eigenvalue weighted by Crippen LogP contribution is -2.43. The highest BCUT2D eigenvalue weighted by molar-refractivity contribution is 5.92. The first-order valence-corrected chi connectivity index (χ1v) is 8.96. The number of ether oxygens (including phenoxy) is 2. The lowest BCUT2D eigenvalue weighted by atomic mass is 9.98. The highest BCUT2D eigenvalue weighted by Gasteiger charge is 2.27. The van der Waals surface area contributed by atoms with Gasteiger partial charge in [0.05, 0.1) is 7.11 Å². The van der Waals surface area contributed by atoms with Gasteiger partial charge >= 0.3 is 6.09 Å². The fourth-order valence-electron chi connectivity index (χ4n) is 2.82. The minimum Gasteiger partial charge on any atom is -0.497 e. The van der Waals surface area contributed by atoms with Crippen molar-refractivity contribution in [3.63, 3.8) is 0 Å². The number of nitrogens with zero attached hydrogens (tertiary/aromatic N) is 2. The third-order valence-corrected chi connectivity index (χ3v) is 4.03. The second-order valence-corrected chi connectivity index (χ2v) is 7.52. The largest absolute Gasteiger partial charge is 0.497 e. The Morgan fingerprint density at radius 1 is 1.42 bits per heavy atom. The first kappa shape index (κ1) is 19.9. The van der Waals surface area contributed by atoms with Crippen LogP contribution in [0.25, 0.3) is 0 Å². The number of anilines is 1. The van der Waals surface area contributed by atoms with Crippen LogP contribution in [0.4, 0.5) is 10.5 Å². The van der Waals surface area contributed by atoms with E-state index in [0.29, 0.717) is 19.0 Å². The molecule has 2 rings (SSSR count). The number of hydrogen-bond acceptors (Lipinski definition) is 4. The van der Waals surface area contributed by atoms with Crippen LogP contribution in [0, 0.1) is 5.92 Å². The fraction of sp³-hybridized carbons (Fsp3) is 0.579. The van der Waals surface area contributed by atoms with E-state index in [4.69, 9.17) is 15.2 Å². The van der Waals surface area contributed by atoms with E-state index in [2.05, 4.69) is 10.3 Å². The first-order chi connectivity index (χ1) is 12.3. The molecule has 1 aromatic rings. The molecule has 3 N–H and O–H groups in total. The number of carbonyl (C=O) groups excluding carboxylic acids is 1. The van der Waals surface area contributed by atoms with E-state index in [1.807, 2.05) is 45.0 Å². The number of rotatable bonds is 4. The minimum atomic E-state index is -0.479. The predicted molar refractivity (Wildman–Crippen MR) is 104 cm³/mol. The summed E-state index contributed by atoms with van der Waals surface area (Å²) in [4.78, 5) is 18.4. The number of amides is 1. The third-order valence-electron chi connectivity index (χ3n) is 4.03. The van der Waals surface area contributed by atoms with Crippen molar-refractivity contribution >= 4 is 17.7 Å². The van der Waals surface area contributed by atoms with Crippen LogP contribution in [-0.2, 0) is 4.74 Å². The average Bonchev–Trinajstić information content (AvgIpc) is 2.59. The van der Waals surface area contributed by atoms with E-state index in [0.717, 1.165) is 30.8 Å². The van der Waals surface area contributed by atoms with Gasteiger partial charge in [-0.1, -0.05) is 6.07 Å². The molecule has 0 saturated carbocycles. The second-order valence-electron chi connectivity index (χ2n) is 7.52. The zero-order valence-electron chi connectivity index (χ0n) is 16.1. The van der Waals surface area contributed by atoms with Crippen molar-refractivity contribution in [3.05, 3.63) is 24.3 Å². The maximum Gasteiger partial charge on any atom is 0.410 e. The molecule has 0 aromatic heterocycles. The average molecular weight is 362 g/mol. The quantitative estimate of drug-likeness (QED) is 0.635. The number of nitrogens with one attached hydrogen (secondary N) is 1. The summed E-state index contributed by atoms with van der Waals surface area (Å²) < 4.78 is 10.6. The van der Waals surface area contributed by atoms with E-state index in [1.54, 1.807) is 12.0 Å². The Morgan fingerprint density at radius 2 is 2.19 bits per heavy atom. The van der Waals surface area contributed by atoms with Crippen molar-refractivity contribution in [2.24, 2.45) is 16.6 Å². The standard InChI is InChI=1S/C19H30N4O3/c1-19(2,3)26-18(24)23-10-6-7-14(13-23)12-21-17(20)22-15-8-5-9-16(11-15)25-4/h5,8-9,11,14H,6-7,10,12-13H2,1-4H3,(H3,20,21,22). The van der Waals surface area contributed by atoms with Crippen LogP contribution >= 0.6 is 0 Å². The number of guanidine groups is 1. The molecule has 7 heteroatoms. The highest BCUT2D eigenvalue weighted by Crippen LogP contribution is 2.20. The third kappa shape index (κ3) is 6.46. The van der Waals surface area contributed by atoms with Crippen molar-refractivity contribution in [1.29, 1.82) is 0 Å². The molecular formula is C19H30N4O3. The summed E-state index contributed by atoms with van der Waals surface area (Å²) in [5.74, 6) is 1.39. The lowest BCUT2D eigenvalue weighted by Gasteiger charge is -2.33. The SMILES string of the molecule is COc1cccc(NC(N)=NCC2CCCN(C(=O)OC(C)(C)C)C2)c1. The van der Waals surface area contributed by atoms with Gasteiger partial charge in [-0.25, -0.2) is 4.79 Å². The second kappa shape index (κ2) is 8.78. The molecule has 1 unspecified atom stereocenters. The molecule has 1 amide bonds. The monoisotopic (exact) mass is 362 g/mol. The van der Waals surface area contributed by atoms with Gasteiger partial charge in [-0.15, -0.1) is 0 Å². The van der Waals surface area contributed by atoms with E-state index < -0.39 is 5.60 Å². The molecule has 0 radical (unpaired) electrons. The number of nitrogens with two attached hydrogens (primary N) is 1. The Kier molecular flexibility index (Phi) is 6.71. The summed E-state index contributed by atoms with van der Waals surface area (Å²) in [5, 5.41) is 3.06. The number of carbonyl (C=O) groups is 1. The molecule has 7 nitrogen and oxygen atoms in total. The topological polar surface area (TPSA) is 89.2 Å². The normalized spacial score (nSPS) is 18.4. The molecule has 1 atom stereocenters. The summed E-state index contributed by atoms with van der Waals surface area (Å²) in [7, 11) is 1.62. The molecule has 144 valence electrons. The molecule has 1 aliphatic heterocycles. The summed E-state index contributed by atoms with van der Waals surface area (Å²) in [5.41, 5.74) is 6.33. The minimum absolute atomic E-state index is 0.256. The smallest absolute Gasteiger partial charge is 0.410 e. The molecule has 1 heterocycles. The van der Waals surface area contributed by atoms with Crippen LogP contribution in [0.15, 0.2) is 29.3 Å². The first-order valence-electron chi connectivity index (χ1n) is 8.96. The molecule has 1 saturated heterocycles. The lowest BCUT2D eigenvalue weighted by molar-refractivity contribution is 0.0171. The van der Waals surface area contributed by atoms with Gasteiger partial charge in [0.2, 0.25) is 0 Å². The van der Waals surface area contributed by atoms with Gasteiger partial charge in [-0.3, -0.25) is 4.99 Å².